The fourth-order valence-electron chi connectivity index (χ4n) is 1.88. The topological polar surface area (TPSA) is 62.3 Å². The van der Waals surface area contributed by atoms with Crippen LogP contribution < -0.4 is 5.32 Å². The van der Waals surface area contributed by atoms with E-state index in [1.165, 1.54) is 6.92 Å². The van der Waals surface area contributed by atoms with Crippen molar-refractivity contribution in [3.05, 3.63) is 30.1 Å². The monoisotopic (exact) mass is 291 g/mol. The molecule has 0 aliphatic carbocycles. The van der Waals surface area contributed by atoms with Crippen molar-refractivity contribution in [1.82, 2.24) is 15.2 Å². The number of hydrogen-bond acceptors (Lipinski definition) is 3. The number of amides is 2. The van der Waals surface area contributed by atoms with Crippen LogP contribution in [0.4, 0.5) is 0 Å². The van der Waals surface area contributed by atoms with Crippen LogP contribution in [0.15, 0.2) is 24.5 Å². The summed E-state index contributed by atoms with van der Waals surface area (Å²) >= 11 is 0. The van der Waals surface area contributed by atoms with Crippen molar-refractivity contribution in [3.8, 4) is 0 Å². The number of rotatable bonds is 8. The van der Waals surface area contributed by atoms with E-state index in [9.17, 15) is 9.59 Å². The highest BCUT2D eigenvalue weighted by molar-refractivity contribution is 5.77. The Morgan fingerprint density at radius 3 is 2.52 bits per heavy atom. The summed E-state index contributed by atoms with van der Waals surface area (Å²) < 4.78 is 0. The van der Waals surface area contributed by atoms with Crippen molar-refractivity contribution < 1.29 is 9.59 Å². The third-order valence-corrected chi connectivity index (χ3v) is 3.22. The maximum atomic E-state index is 11.7. The number of nitrogens with zero attached hydrogens (tertiary/aromatic N) is 2. The van der Waals surface area contributed by atoms with Crippen LogP contribution in [-0.2, 0) is 16.1 Å². The van der Waals surface area contributed by atoms with Gasteiger partial charge in [0, 0.05) is 45.4 Å². The number of nitrogens with one attached hydrogen (secondary N) is 1. The van der Waals surface area contributed by atoms with E-state index < -0.39 is 0 Å². The number of carbonyl (C=O) groups excluding carboxylic acids is 2. The van der Waals surface area contributed by atoms with Gasteiger partial charge in [-0.15, -0.1) is 0 Å². The second-order valence-electron chi connectivity index (χ2n) is 5.58. The Hall–Kier alpha value is -1.91. The third kappa shape index (κ3) is 7.44. The van der Waals surface area contributed by atoms with Gasteiger partial charge in [0.1, 0.15) is 0 Å². The zero-order valence-corrected chi connectivity index (χ0v) is 13.1. The molecule has 5 nitrogen and oxygen atoms in total. The van der Waals surface area contributed by atoms with Gasteiger partial charge in [0.2, 0.25) is 11.8 Å². The van der Waals surface area contributed by atoms with Gasteiger partial charge in [-0.1, -0.05) is 13.8 Å². The fourth-order valence-corrected chi connectivity index (χ4v) is 1.88. The molecule has 0 saturated heterocycles. The first-order valence-electron chi connectivity index (χ1n) is 7.40. The number of aromatic nitrogens is 1. The molecular formula is C16H25N3O2. The second kappa shape index (κ2) is 9.10. The molecule has 21 heavy (non-hydrogen) atoms. The summed E-state index contributed by atoms with van der Waals surface area (Å²) in [7, 11) is 0. The van der Waals surface area contributed by atoms with E-state index in [2.05, 4.69) is 24.1 Å². The average Bonchev–Trinajstić information content (AvgIpc) is 2.43. The van der Waals surface area contributed by atoms with Crippen molar-refractivity contribution in [2.75, 3.05) is 13.1 Å². The van der Waals surface area contributed by atoms with Crippen LogP contribution in [0.25, 0.3) is 0 Å². The minimum absolute atomic E-state index is 0.00312. The Morgan fingerprint density at radius 1 is 1.29 bits per heavy atom. The lowest BCUT2D eigenvalue weighted by Gasteiger charge is -2.21. The molecule has 2 amide bonds. The van der Waals surface area contributed by atoms with Gasteiger partial charge in [0.15, 0.2) is 0 Å². The lowest BCUT2D eigenvalue weighted by molar-refractivity contribution is -0.130. The van der Waals surface area contributed by atoms with Crippen molar-refractivity contribution in [2.24, 2.45) is 5.92 Å². The van der Waals surface area contributed by atoms with Crippen LogP contribution in [0.2, 0.25) is 0 Å². The first-order valence-corrected chi connectivity index (χ1v) is 7.40. The average molecular weight is 291 g/mol. The summed E-state index contributed by atoms with van der Waals surface area (Å²) in [5, 5.41) is 2.89. The van der Waals surface area contributed by atoms with E-state index in [-0.39, 0.29) is 11.8 Å². The van der Waals surface area contributed by atoms with Crippen molar-refractivity contribution in [3.63, 3.8) is 0 Å². The molecule has 0 bridgehead atoms. The van der Waals surface area contributed by atoms with Crippen LogP contribution in [-0.4, -0.2) is 34.8 Å². The number of carbonyl (C=O) groups is 2. The fraction of sp³-hybridized carbons (Fsp3) is 0.562. The van der Waals surface area contributed by atoms with Gasteiger partial charge in [-0.2, -0.15) is 0 Å². The highest BCUT2D eigenvalue weighted by Crippen LogP contribution is 2.04. The Labute approximate surface area is 126 Å². The molecule has 116 valence electrons. The molecule has 0 aromatic carbocycles. The SMILES string of the molecule is CC(=O)N(CCC(=O)NCCC(C)C)Cc1ccncc1. The Balaban J connectivity index is 2.38. The number of pyridine rings is 1. The Kier molecular flexibility index (Phi) is 7.43. The molecule has 1 rings (SSSR count). The zero-order chi connectivity index (χ0) is 15.7. The predicted octanol–water partition coefficient (Wildman–Crippen LogP) is 1.98. The van der Waals surface area contributed by atoms with Gasteiger partial charge in [-0.3, -0.25) is 14.6 Å². The van der Waals surface area contributed by atoms with Gasteiger partial charge in [-0.05, 0) is 30.0 Å². The van der Waals surface area contributed by atoms with Crippen LogP contribution in [0.1, 0.15) is 39.2 Å². The molecule has 0 aliphatic rings. The highest BCUT2D eigenvalue weighted by Gasteiger charge is 2.11. The first-order chi connectivity index (χ1) is 9.99. The smallest absolute Gasteiger partial charge is 0.221 e. The van der Waals surface area contributed by atoms with Gasteiger partial charge < -0.3 is 10.2 Å². The maximum absolute atomic E-state index is 11.7. The molecule has 0 radical (unpaired) electrons. The molecule has 1 N–H and O–H groups in total. The van der Waals surface area contributed by atoms with Crippen LogP contribution >= 0.6 is 0 Å². The van der Waals surface area contributed by atoms with Gasteiger partial charge in [0.05, 0.1) is 0 Å². The minimum Gasteiger partial charge on any atom is -0.356 e. The number of hydrogen-bond donors (Lipinski definition) is 1. The second-order valence-corrected chi connectivity index (χ2v) is 5.58. The van der Waals surface area contributed by atoms with E-state index in [0.29, 0.717) is 32.0 Å². The standard InChI is InChI=1S/C16H25N3O2/c1-13(2)4-10-18-16(21)7-11-19(14(3)20)12-15-5-8-17-9-6-15/h5-6,8-9,13H,4,7,10-12H2,1-3H3,(H,18,21). The lowest BCUT2D eigenvalue weighted by Crippen LogP contribution is -2.34. The van der Waals surface area contributed by atoms with E-state index >= 15 is 0 Å². The van der Waals surface area contributed by atoms with E-state index in [1.54, 1.807) is 17.3 Å². The van der Waals surface area contributed by atoms with Gasteiger partial charge >= 0.3 is 0 Å². The molecule has 0 saturated carbocycles. The minimum atomic E-state index is -0.0261. The van der Waals surface area contributed by atoms with Crippen LogP contribution in [0, 0.1) is 5.92 Å². The molecule has 5 heteroatoms. The Morgan fingerprint density at radius 2 is 1.95 bits per heavy atom. The molecule has 0 fully saturated rings. The summed E-state index contributed by atoms with van der Waals surface area (Å²) in [4.78, 5) is 29.0. The summed E-state index contributed by atoms with van der Waals surface area (Å²) in [5.41, 5.74) is 1.01. The summed E-state index contributed by atoms with van der Waals surface area (Å²) in [6.07, 6.45) is 4.71. The Bertz CT molecular complexity index is 446. The largest absolute Gasteiger partial charge is 0.356 e. The summed E-state index contributed by atoms with van der Waals surface area (Å²) in [5.74, 6) is 0.545. The maximum Gasteiger partial charge on any atom is 0.221 e. The zero-order valence-electron chi connectivity index (χ0n) is 13.1. The predicted molar refractivity (Wildman–Crippen MR) is 82.4 cm³/mol. The lowest BCUT2D eigenvalue weighted by atomic mass is 10.1. The molecular weight excluding hydrogens is 266 g/mol. The van der Waals surface area contributed by atoms with E-state index in [0.717, 1.165) is 12.0 Å². The van der Waals surface area contributed by atoms with Gasteiger partial charge in [-0.25, -0.2) is 0 Å². The normalized spacial score (nSPS) is 10.5. The molecule has 1 aromatic rings. The van der Waals surface area contributed by atoms with Crippen molar-refractivity contribution >= 4 is 11.8 Å². The molecule has 0 unspecified atom stereocenters. The van der Waals surface area contributed by atoms with Crippen LogP contribution in [0.5, 0.6) is 0 Å². The molecule has 1 aromatic heterocycles. The van der Waals surface area contributed by atoms with Crippen molar-refractivity contribution in [1.29, 1.82) is 0 Å². The summed E-state index contributed by atoms with van der Waals surface area (Å²) in [6, 6.07) is 3.75. The molecule has 0 aliphatic heterocycles. The van der Waals surface area contributed by atoms with Crippen molar-refractivity contribution in [2.45, 2.75) is 40.2 Å². The molecule has 0 spiro atoms. The molecule has 0 atom stereocenters. The quantitative estimate of drug-likeness (QED) is 0.796. The van der Waals surface area contributed by atoms with E-state index in [4.69, 9.17) is 0 Å². The van der Waals surface area contributed by atoms with E-state index in [1.807, 2.05) is 12.1 Å². The molecule has 1 heterocycles. The van der Waals surface area contributed by atoms with Crippen LogP contribution in [0.3, 0.4) is 0 Å². The first kappa shape index (κ1) is 17.1. The highest BCUT2D eigenvalue weighted by atomic mass is 16.2. The summed E-state index contributed by atoms with van der Waals surface area (Å²) in [6.45, 7) is 7.41. The third-order valence-electron chi connectivity index (χ3n) is 3.22. The van der Waals surface area contributed by atoms with Gasteiger partial charge in [0.25, 0.3) is 0 Å².